The van der Waals surface area contributed by atoms with E-state index in [1.54, 1.807) is 31.2 Å². The molecule has 4 fully saturated rings. The van der Waals surface area contributed by atoms with Crippen molar-refractivity contribution < 1.29 is 76.3 Å². The van der Waals surface area contributed by atoms with Crippen molar-refractivity contribution in [1.82, 2.24) is 0 Å². The zero-order chi connectivity index (χ0) is 36.6. The van der Waals surface area contributed by atoms with Crippen LogP contribution in [0.3, 0.4) is 0 Å². The first-order valence-electron chi connectivity index (χ1n) is 14.9. The van der Waals surface area contributed by atoms with E-state index in [1.165, 1.54) is 55.4 Å². The molecule has 0 spiro atoms. The number of esters is 8. The normalized spacial score (nSPS) is 28.5. The van der Waals surface area contributed by atoms with Crippen LogP contribution in [0.4, 0.5) is 0 Å². The second-order valence-electron chi connectivity index (χ2n) is 11.7. The largest absolute Gasteiger partial charge is 0.448 e. The molecule has 264 valence electrons. The van der Waals surface area contributed by atoms with E-state index >= 15 is 0 Å². The van der Waals surface area contributed by atoms with Crippen molar-refractivity contribution in [2.75, 3.05) is 0 Å². The minimum absolute atomic E-state index is 0.445. The number of rotatable bonds is 2. The molecular formula is C32H40O16. The Morgan fingerprint density at radius 3 is 1.31 bits per heavy atom. The lowest BCUT2D eigenvalue weighted by Gasteiger charge is -2.30. The van der Waals surface area contributed by atoms with Crippen LogP contribution < -0.4 is 0 Å². The first kappa shape index (κ1) is 39.2. The van der Waals surface area contributed by atoms with Gasteiger partial charge in [0.25, 0.3) is 0 Å². The molecule has 0 N–H and O–H groups in total. The van der Waals surface area contributed by atoms with Gasteiger partial charge in [-0.2, -0.15) is 0 Å². The van der Waals surface area contributed by atoms with Crippen LogP contribution in [-0.4, -0.2) is 89.5 Å². The average molecular weight is 681 g/mol. The van der Waals surface area contributed by atoms with Gasteiger partial charge in [-0.15, -0.1) is 0 Å². The number of carbonyl (C=O) groups is 8. The fourth-order valence-electron chi connectivity index (χ4n) is 3.66. The summed E-state index contributed by atoms with van der Waals surface area (Å²) in [5, 5.41) is 0. The molecule has 6 atom stereocenters. The summed E-state index contributed by atoms with van der Waals surface area (Å²) in [7, 11) is 0. The molecule has 5 rings (SSSR count). The van der Waals surface area contributed by atoms with E-state index < -0.39 is 95.6 Å². The monoisotopic (exact) mass is 680 g/mol. The molecule has 4 saturated heterocycles. The summed E-state index contributed by atoms with van der Waals surface area (Å²) in [6.45, 7) is 13.7. The number of ether oxygens (including phenoxy) is 8. The summed E-state index contributed by atoms with van der Waals surface area (Å²) in [5.41, 5.74) is -1.62. The van der Waals surface area contributed by atoms with Gasteiger partial charge in [-0.05, 0) is 61.8 Å². The van der Waals surface area contributed by atoms with Crippen LogP contribution in [0.15, 0.2) is 30.3 Å². The Balaban J connectivity index is 0.000000225. The Labute approximate surface area is 276 Å². The third-order valence-electron chi connectivity index (χ3n) is 6.62. The number of benzene rings is 1. The highest BCUT2D eigenvalue weighted by molar-refractivity contribution is 5.90. The number of hydrogen-bond donors (Lipinski definition) is 0. The van der Waals surface area contributed by atoms with E-state index in [9.17, 15) is 38.4 Å². The van der Waals surface area contributed by atoms with Gasteiger partial charge in [-0.1, -0.05) is 37.3 Å². The summed E-state index contributed by atoms with van der Waals surface area (Å²) in [4.78, 5) is 88.0. The summed E-state index contributed by atoms with van der Waals surface area (Å²) in [6.07, 6.45) is -4.24. The molecule has 6 unspecified atom stereocenters. The zero-order valence-corrected chi connectivity index (χ0v) is 28.1. The van der Waals surface area contributed by atoms with Crippen molar-refractivity contribution in [3.05, 3.63) is 35.9 Å². The van der Waals surface area contributed by atoms with Crippen LogP contribution in [0.1, 0.15) is 80.4 Å². The first-order chi connectivity index (χ1) is 22.2. The van der Waals surface area contributed by atoms with Gasteiger partial charge in [-0.25, -0.2) is 38.4 Å². The molecular weight excluding hydrogens is 640 g/mol. The predicted molar refractivity (Wildman–Crippen MR) is 158 cm³/mol. The van der Waals surface area contributed by atoms with Gasteiger partial charge in [-0.3, -0.25) is 0 Å². The maximum atomic E-state index is 11.5. The minimum Gasteiger partial charge on any atom is -0.448 e. The van der Waals surface area contributed by atoms with E-state index in [2.05, 4.69) is 4.74 Å². The van der Waals surface area contributed by atoms with E-state index in [-0.39, 0.29) is 0 Å². The minimum atomic E-state index is -1.12. The highest BCUT2D eigenvalue weighted by Crippen LogP contribution is 2.25. The first-order valence-corrected chi connectivity index (χ1v) is 14.9. The maximum Gasteiger partial charge on any atom is 0.353 e. The van der Waals surface area contributed by atoms with Gasteiger partial charge in [0.1, 0.15) is 0 Å². The third kappa shape index (κ3) is 10.5. The number of cyclic esters (lactones) is 8. The van der Waals surface area contributed by atoms with Crippen molar-refractivity contribution in [1.29, 1.82) is 0 Å². The lowest BCUT2D eigenvalue weighted by molar-refractivity contribution is -0.204. The summed E-state index contributed by atoms with van der Waals surface area (Å²) in [6, 6.07) is 8.80. The molecule has 0 saturated carbocycles. The molecule has 48 heavy (non-hydrogen) atoms. The fraction of sp³-hybridized carbons (Fsp3) is 0.562. The maximum absolute atomic E-state index is 11.5. The molecule has 0 aliphatic carbocycles. The van der Waals surface area contributed by atoms with Crippen molar-refractivity contribution in [2.24, 2.45) is 0 Å². The topological polar surface area (TPSA) is 210 Å². The number of carbonyl (C=O) groups excluding carboxylic acids is 8. The predicted octanol–water partition coefficient (Wildman–Crippen LogP) is 1.98. The van der Waals surface area contributed by atoms with Crippen molar-refractivity contribution >= 4 is 47.8 Å². The van der Waals surface area contributed by atoms with E-state index in [4.69, 9.17) is 33.2 Å². The van der Waals surface area contributed by atoms with Gasteiger partial charge in [0.15, 0.2) is 30.5 Å². The fourth-order valence-corrected chi connectivity index (χ4v) is 3.66. The summed E-state index contributed by atoms with van der Waals surface area (Å²) < 4.78 is 38.2. The Morgan fingerprint density at radius 2 is 0.896 bits per heavy atom. The molecule has 4 heterocycles. The van der Waals surface area contributed by atoms with E-state index in [0.29, 0.717) is 12.0 Å². The van der Waals surface area contributed by atoms with Crippen molar-refractivity contribution in [3.63, 3.8) is 0 Å². The van der Waals surface area contributed by atoms with Gasteiger partial charge < -0.3 is 37.9 Å². The Hall–Kier alpha value is -5.02. The van der Waals surface area contributed by atoms with Crippen LogP contribution in [-0.2, 0) is 76.3 Å². The molecule has 0 bridgehead atoms. The quantitative estimate of drug-likeness (QED) is 0.323. The molecule has 1 aromatic rings. The highest BCUT2D eigenvalue weighted by Gasteiger charge is 2.43. The molecule has 0 radical (unpaired) electrons. The summed E-state index contributed by atoms with van der Waals surface area (Å²) in [5.74, 6) is -3.91. The highest BCUT2D eigenvalue weighted by atomic mass is 16.7. The second kappa shape index (κ2) is 16.2. The van der Waals surface area contributed by atoms with Gasteiger partial charge >= 0.3 is 47.8 Å². The van der Waals surface area contributed by atoms with Gasteiger partial charge in [0.2, 0.25) is 17.3 Å². The SMILES string of the molecule is CC1OC(=O)C(C)(C)OC1=O.CC1OC(=O)C(C)(C)OC1=O.CC1OC(=O)C(c2ccccc2)OC1=O.CCC1OC(=O)C(C)OC1=O. The zero-order valence-electron chi connectivity index (χ0n) is 28.1. The average Bonchev–Trinajstić information content (AvgIpc) is 3.00. The lowest BCUT2D eigenvalue weighted by atomic mass is 10.1. The molecule has 4 aliphatic rings. The third-order valence-corrected chi connectivity index (χ3v) is 6.62. The van der Waals surface area contributed by atoms with Gasteiger partial charge in [0.05, 0.1) is 0 Å². The smallest absolute Gasteiger partial charge is 0.353 e. The van der Waals surface area contributed by atoms with Crippen LogP contribution in [0.2, 0.25) is 0 Å². The van der Waals surface area contributed by atoms with Crippen LogP contribution in [0.5, 0.6) is 0 Å². The second-order valence-corrected chi connectivity index (χ2v) is 11.7. The Bertz CT molecular complexity index is 1350. The van der Waals surface area contributed by atoms with Crippen LogP contribution in [0.25, 0.3) is 0 Å². The number of hydrogen-bond acceptors (Lipinski definition) is 16. The molecule has 0 amide bonds. The van der Waals surface area contributed by atoms with E-state index in [1.807, 2.05) is 6.07 Å². The molecule has 4 aliphatic heterocycles. The van der Waals surface area contributed by atoms with Crippen LogP contribution in [0, 0.1) is 0 Å². The van der Waals surface area contributed by atoms with Gasteiger partial charge in [0, 0.05) is 5.56 Å². The standard InChI is InChI=1S/C11H10O4.3C7H10O4/c1-7-10(12)15-9(11(13)14-7)8-5-3-2-4-6-8;2*1-4-5(8)11-7(2,3)6(9)10-4;1-3-5-7(9)10-4(2)6(8)11-5/h2-7,9H,1H3;2*4H,1-3H3;4-5H,3H2,1-2H3. The van der Waals surface area contributed by atoms with E-state index in [0.717, 1.165) is 0 Å². The Morgan fingerprint density at radius 1 is 0.500 bits per heavy atom. The lowest BCUT2D eigenvalue weighted by Crippen LogP contribution is -2.49. The summed E-state index contributed by atoms with van der Waals surface area (Å²) >= 11 is 0. The molecule has 16 heteroatoms. The molecule has 1 aromatic carbocycles. The molecule has 0 aromatic heterocycles. The van der Waals surface area contributed by atoms with Crippen LogP contribution >= 0.6 is 0 Å². The van der Waals surface area contributed by atoms with Crippen molar-refractivity contribution in [2.45, 2.75) is 117 Å². The van der Waals surface area contributed by atoms with Crippen molar-refractivity contribution in [3.8, 4) is 0 Å². The Kier molecular flexibility index (Phi) is 13.2. The molecule has 16 nitrogen and oxygen atoms in total.